The maximum Gasteiger partial charge on any atom is 0.0385 e. The van der Waals surface area contributed by atoms with E-state index in [1.54, 1.807) is 0 Å². The molecule has 0 aromatic rings. The second kappa shape index (κ2) is 8.66. The first-order valence-corrected chi connectivity index (χ1v) is 5.83. The third kappa shape index (κ3) is 5.99. The quantitative estimate of drug-likeness (QED) is 0.398. The van der Waals surface area contributed by atoms with Crippen LogP contribution in [-0.4, -0.2) is 62.2 Å². The number of nitrogens with zero attached hydrogens (tertiary/aromatic N) is 8. The van der Waals surface area contributed by atoms with Gasteiger partial charge >= 0.3 is 0 Å². The third-order valence-corrected chi connectivity index (χ3v) is 2.84. The first kappa shape index (κ1) is 13.6. The van der Waals surface area contributed by atoms with Crippen molar-refractivity contribution in [1.29, 1.82) is 0 Å². The fourth-order valence-electron chi connectivity index (χ4n) is 1.93. The highest BCUT2D eigenvalue weighted by atomic mass is 15.2. The second-order valence-electron chi connectivity index (χ2n) is 3.95. The first-order chi connectivity index (χ1) is 8.36. The molecule has 1 aliphatic heterocycles. The lowest BCUT2D eigenvalue weighted by atomic mass is 10.4. The van der Waals surface area contributed by atoms with Crippen molar-refractivity contribution in [2.75, 3.05) is 52.4 Å². The molecule has 1 saturated heterocycles. The summed E-state index contributed by atoms with van der Waals surface area (Å²) in [6.07, 6.45) is 1.10. The largest absolute Gasteiger partial charge is 0.302 e. The van der Waals surface area contributed by atoms with E-state index < -0.39 is 0 Å². The molecule has 8 heteroatoms. The molecule has 1 aliphatic rings. The SMILES string of the molecule is [N-]=[N+]=NCCN1CCCN(CCN=[N+]=[N-])CC1. The molecule has 17 heavy (non-hydrogen) atoms. The average Bonchev–Trinajstić information content (AvgIpc) is 2.56. The molecular formula is C9H18N8. The van der Waals surface area contributed by atoms with Crippen molar-refractivity contribution in [2.45, 2.75) is 6.42 Å². The van der Waals surface area contributed by atoms with Crippen LogP contribution in [-0.2, 0) is 0 Å². The summed E-state index contributed by atoms with van der Waals surface area (Å²) in [4.78, 5) is 10.1. The highest BCUT2D eigenvalue weighted by Crippen LogP contribution is 2.02. The van der Waals surface area contributed by atoms with Gasteiger partial charge in [0.05, 0.1) is 0 Å². The molecule has 0 aromatic carbocycles. The normalized spacial score (nSPS) is 17.9. The summed E-state index contributed by atoms with van der Waals surface area (Å²) in [6, 6.07) is 0. The van der Waals surface area contributed by atoms with Gasteiger partial charge in [-0.1, -0.05) is 10.2 Å². The minimum absolute atomic E-state index is 0.537. The Bertz CT molecular complexity index is 274. The van der Waals surface area contributed by atoms with Crippen molar-refractivity contribution >= 4 is 0 Å². The summed E-state index contributed by atoms with van der Waals surface area (Å²) in [7, 11) is 0. The van der Waals surface area contributed by atoms with Crippen molar-refractivity contribution in [3.05, 3.63) is 20.9 Å². The highest BCUT2D eigenvalue weighted by molar-refractivity contribution is 4.71. The summed E-state index contributed by atoms with van der Waals surface area (Å²) in [5.74, 6) is 0. The summed E-state index contributed by atoms with van der Waals surface area (Å²) >= 11 is 0. The Labute approximate surface area is 100 Å². The minimum Gasteiger partial charge on any atom is -0.302 e. The molecule has 0 amide bonds. The molecular weight excluding hydrogens is 220 g/mol. The van der Waals surface area contributed by atoms with Crippen molar-refractivity contribution in [1.82, 2.24) is 9.80 Å². The zero-order chi connectivity index (χ0) is 12.3. The van der Waals surface area contributed by atoms with Crippen LogP contribution in [0.4, 0.5) is 0 Å². The predicted octanol–water partition coefficient (Wildman–Crippen LogP) is 1.61. The lowest BCUT2D eigenvalue weighted by Gasteiger charge is -2.20. The topological polar surface area (TPSA) is 104 Å². The van der Waals surface area contributed by atoms with Gasteiger partial charge in [0.2, 0.25) is 0 Å². The first-order valence-electron chi connectivity index (χ1n) is 5.83. The van der Waals surface area contributed by atoms with Crippen LogP contribution >= 0.6 is 0 Å². The van der Waals surface area contributed by atoms with Crippen molar-refractivity contribution in [3.63, 3.8) is 0 Å². The molecule has 1 heterocycles. The Morgan fingerprint density at radius 2 is 1.29 bits per heavy atom. The van der Waals surface area contributed by atoms with Gasteiger partial charge in [0.1, 0.15) is 0 Å². The van der Waals surface area contributed by atoms with Crippen LogP contribution in [0.3, 0.4) is 0 Å². The smallest absolute Gasteiger partial charge is 0.0385 e. The standard InChI is InChI=1S/C9H18N8/c10-14-12-2-6-16-4-1-5-17(9-8-16)7-3-13-15-11/h1-9H2. The van der Waals surface area contributed by atoms with Crippen molar-refractivity contribution in [2.24, 2.45) is 10.2 Å². The van der Waals surface area contributed by atoms with E-state index in [0.29, 0.717) is 13.1 Å². The van der Waals surface area contributed by atoms with E-state index in [2.05, 4.69) is 29.9 Å². The van der Waals surface area contributed by atoms with Crippen molar-refractivity contribution < 1.29 is 0 Å². The van der Waals surface area contributed by atoms with Gasteiger partial charge in [-0.3, -0.25) is 0 Å². The number of rotatable bonds is 6. The lowest BCUT2D eigenvalue weighted by molar-refractivity contribution is 0.264. The lowest BCUT2D eigenvalue weighted by Crippen LogP contribution is -2.33. The maximum absolute atomic E-state index is 8.21. The zero-order valence-electron chi connectivity index (χ0n) is 9.94. The van der Waals surface area contributed by atoms with Crippen LogP contribution in [0.1, 0.15) is 6.42 Å². The summed E-state index contributed by atoms with van der Waals surface area (Å²) in [5.41, 5.74) is 16.4. The van der Waals surface area contributed by atoms with Crippen LogP contribution in [0.2, 0.25) is 0 Å². The molecule has 0 radical (unpaired) electrons. The zero-order valence-corrected chi connectivity index (χ0v) is 9.94. The van der Waals surface area contributed by atoms with Crippen LogP contribution < -0.4 is 0 Å². The Kier molecular flexibility index (Phi) is 6.93. The van der Waals surface area contributed by atoms with Gasteiger partial charge in [0, 0.05) is 49.1 Å². The van der Waals surface area contributed by atoms with Crippen LogP contribution in [0.5, 0.6) is 0 Å². The second-order valence-corrected chi connectivity index (χ2v) is 3.95. The monoisotopic (exact) mass is 238 g/mol. The van der Waals surface area contributed by atoms with E-state index in [1.807, 2.05) is 0 Å². The van der Waals surface area contributed by atoms with E-state index in [1.165, 1.54) is 0 Å². The van der Waals surface area contributed by atoms with Gasteiger partial charge in [0.25, 0.3) is 0 Å². The summed E-state index contributed by atoms with van der Waals surface area (Å²) in [5, 5.41) is 7.09. The van der Waals surface area contributed by atoms with Gasteiger partial charge in [-0.15, -0.1) is 0 Å². The van der Waals surface area contributed by atoms with E-state index >= 15 is 0 Å². The molecule has 1 rings (SSSR count). The van der Waals surface area contributed by atoms with E-state index in [-0.39, 0.29) is 0 Å². The Morgan fingerprint density at radius 3 is 1.71 bits per heavy atom. The summed E-state index contributed by atoms with van der Waals surface area (Å²) in [6.45, 7) is 6.78. The van der Waals surface area contributed by atoms with Gasteiger partial charge in [0.15, 0.2) is 0 Å². The van der Waals surface area contributed by atoms with Crippen LogP contribution in [0, 0.1) is 0 Å². The van der Waals surface area contributed by atoms with Gasteiger partial charge in [-0.25, -0.2) is 0 Å². The van der Waals surface area contributed by atoms with E-state index in [9.17, 15) is 0 Å². The minimum atomic E-state index is 0.537. The molecule has 0 atom stereocenters. The van der Waals surface area contributed by atoms with Crippen LogP contribution in [0.25, 0.3) is 20.9 Å². The van der Waals surface area contributed by atoms with Gasteiger partial charge in [-0.05, 0) is 30.6 Å². The number of azide groups is 2. The molecule has 0 saturated carbocycles. The number of hydrogen-bond donors (Lipinski definition) is 0. The van der Waals surface area contributed by atoms with Gasteiger partial charge in [-0.2, -0.15) is 0 Å². The molecule has 0 aromatic heterocycles. The average molecular weight is 238 g/mol. The Hall–Kier alpha value is -1.46. The fraction of sp³-hybridized carbons (Fsp3) is 1.00. The molecule has 0 bridgehead atoms. The molecule has 0 aliphatic carbocycles. The van der Waals surface area contributed by atoms with E-state index in [0.717, 1.165) is 45.7 Å². The molecule has 8 nitrogen and oxygen atoms in total. The van der Waals surface area contributed by atoms with E-state index in [4.69, 9.17) is 11.1 Å². The molecule has 0 spiro atoms. The molecule has 0 unspecified atom stereocenters. The van der Waals surface area contributed by atoms with Crippen molar-refractivity contribution in [3.8, 4) is 0 Å². The summed E-state index contributed by atoms with van der Waals surface area (Å²) < 4.78 is 0. The number of hydrogen-bond acceptors (Lipinski definition) is 4. The maximum atomic E-state index is 8.21. The predicted molar refractivity (Wildman–Crippen MR) is 65.5 cm³/mol. The third-order valence-electron chi connectivity index (χ3n) is 2.84. The molecule has 1 fully saturated rings. The molecule has 94 valence electrons. The Morgan fingerprint density at radius 1 is 0.824 bits per heavy atom. The highest BCUT2D eigenvalue weighted by Gasteiger charge is 2.13. The van der Waals surface area contributed by atoms with Gasteiger partial charge < -0.3 is 9.80 Å². The van der Waals surface area contributed by atoms with Crippen LogP contribution in [0.15, 0.2) is 10.2 Å². The Balaban J connectivity index is 2.23. The molecule has 0 N–H and O–H groups in total. The fourth-order valence-corrected chi connectivity index (χ4v) is 1.93.